The van der Waals surface area contributed by atoms with Crippen LogP contribution in [0.3, 0.4) is 0 Å². The molecule has 0 amide bonds. The molecule has 0 saturated heterocycles. The second-order valence-corrected chi connectivity index (χ2v) is 9.00. The van der Waals surface area contributed by atoms with E-state index in [-0.39, 0.29) is 19.6 Å². The van der Waals surface area contributed by atoms with Crippen LogP contribution in [-0.2, 0) is 0 Å². The molecule has 2 unspecified atom stereocenters. The first-order chi connectivity index (χ1) is 16.8. The Balaban J connectivity index is 1.30. The van der Waals surface area contributed by atoms with Crippen LogP contribution in [-0.4, -0.2) is 19.3 Å². The average molecular weight is 453 g/mol. The Kier molecular flexibility index (Phi) is 4.50. The van der Waals surface area contributed by atoms with Gasteiger partial charge in [-0.2, -0.15) is 5.10 Å². The van der Waals surface area contributed by atoms with Crippen LogP contribution in [0.4, 0.5) is 5.69 Å². The van der Waals surface area contributed by atoms with Crippen molar-refractivity contribution in [2.75, 3.05) is 18.6 Å². The molecule has 6 nitrogen and oxygen atoms in total. The number of hydrogen-bond donors (Lipinski definition) is 0. The Bertz CT molecular complexity index is 1320. The van der Waals surface area contributed by atoms with E-state index in [9.17, 15) is 0 Å². The lowest BCUT2D eigenvalue weighted by atomic mass is 9.77. The van der Waals surface area contributed by atoms with Gasteiger partial charge in [0, 0.05) is 5.92 Å². The highest BCUT2D eigenvalue weighted by Crippen LogP contribution is 2.48. The quantitative estimate of drug-likeness (QED) is 0.492. The maximum atomic E-state index is 5.70. The van der Waals surface area contributed by atoms with E-state index in [4.69, 9.17) is 24.0 Å². The van der Waals surface area contributed by atoms with Crippen LogP contribution in [0.1, 0.15) is 36.4 Å². The van der Waals surface area contributed by atoms with E-state index in [2.05, 4.69) is 59.6 Å². The Labute approximate surface area is 198 Å². The van der Waals surface area contributed by atoms with Gasteiger partial charge < -0.3 is 18.9 Å². The third-order valence-corrected chi connectivity index (χ3v) is 7.00. The van der Waals surface area contributed by atoms with E-state index < -0.39 is 0 Å². The average Bonchev–Trinajstić information content (AvgIpc) is 3.62. The first-order valence-corrected chi connectivity index (χ1v) is 11.8. The van der Waals surface area contributed by atoms with Crippen molar-refractivity contribution in [1.29, 1.82) is 0 Å². The highest BCUT2D eigenvalue weighted by molar-refractivity contribution is 6.08. The van der Waals surface area contributed by atoms with Gasteiger partial charge in [0.25, 0.3) is 0 Å². The molecule has 0 radical (unpaired) electrons. The number of hydrazone groups is 1. The van der Waals surface area contributed by atoms with Crippen molar-refractivity contribution in [3.8, 4) is 23.0 Å². The summed E-state index contributed by atoms with van der Waals surface area (Å²) in [5.41, 5.74) is 5.87. The molecule has 6 heteroatoms. The first-order valence-electron chi connectivity index (χ1n) is 11.8. The zero-order valence-electron chi connectivity index (χ0n) is 18.6. The second-order valence-electron chi connectivity index (χ2n) is 9.00. The summed E-state index contributed by atoms with van der Waals surface area (Å²) in [6, 6.07) is 23.0. The van der Waals surface area contributed by atoms with Crippen molar-refractivity contribution in [2.24, 2.45) is 11.0 Å². The minimum Gasteiger partial charge on any atom is -0.454 e. The van der Waals surface area contributed by atoms with E-state index >= 15 is 0 Å². The molecule has 3 aliphatic heterocycles. The van der Waals surface area contributed by atoms with Crippen molar-refractivity contribution >= 4 is 17.5 Å². The molecular formula is C28H24N2O4. The predicted molar refractivity (Wildman–Crippen MR) is 130 cm³/mol. The van der Waals surface area contributed by atoms with Crippen LogP contribution in [0, 0.1) is 5.92 Å². The number of fused-ring (bicyclic) bond motifs is 3. The predicted octanol–water partition coefficient (Wildman–Crippen LogP) is 5.95. The molecule has 1 aliphatic carbocycles. The molecule has 170 valence electrons. The van der Waals surface area contributed by atoms with Crippen molar-refractivity contribution in [1.82, 2.24) is 0 Å². The molecule has 0 bridgehead atoms. The molecular weight excluding hydrogens is 428 g/mol. The molecule has 7 rings (SSSR count). The molecule has 34 heavy (non-hydrogen) atoms. The largest absolute Gasteiger partial charge is 0.454 e. The van der Waals surface area contributed by atoms with Gasteiger partial charge in [0.05, 0.1) is 17.4 Å². The van der Waals surface area contributed by atoms with Crippen molar-refractivity contribution < 1.29 is 18.9 Å². The Morgan fingerprint density at radius 1 is 0.794 bits per heavy atom. The lowest BCUT2D eigenvalue weighted by Gasteiger charge is -2.30. The van der Waals surface area contributed by atoms with Crippen molar-refractivity contribution in [2.45, 2.75) is 25.3 Å². The van der Waals surface area contributed by atoms with E-state index in [1.54, 1.807) is 0 Å². The van der Waals surface area contributed by atoms with Gasteiger partial charge in [-0.25, -0.2) is 0 Å². The summed E-state index contributed by atoms with van der Waals surface area (Å²) in [6.07, 6.45) is 5.50. The molecule has 0 spiro atoms. The summed E-state index contributed by atoms with van der Waals surface area (Å²) in [4.78, 5) is 0. The number of ether oxygens (including phenoxy) is 4. The topological polar surface area (TPSA) is 52.5 Å². The number of allylic oxidation sites excluding steroid dienone is 1. The molecule has 0 aromatic heterocycles. The van der Waals surface area contributed by atoms with Gasteiger partial charge in [-0.15, -0.1) is 0 Å². The SMILES string of the molecule is C(=C1\CCCC2C1=NN(c1ccccc1)C2c1ccc2c(c1)OCO2)/c1ccc2c(c1)OCO2. The molecule has 1 fully saturated rings. The summed E-state index contributed by atoms with van der Waals surface area (Å²) in [6.45, 7) is 0.562. The molecule has 0 N–H and O–H groups in total. The van der Waals surface area contributed by atoms with Crippen LogP contribution in [0.2, 0.25) is 0 Å². The van der Waals surface area contributed by atoms with Crippen molar-refractivity contribution in [3.05, 3.63) is 83.4 Å². The van der Waals surface area contributed by atoms with Crippen LogP contribution < -0.4 is 24.0 Å². The Hall–Kier alpha value is -3.93. The molecule has 1 saturated carbocycles. The van der Waals surface area contributed by atoms with Gasteiger partial charge in [-0.05, 0) is 78.4 Å². The van der Waals surface area contributed by atoms with Crippen LogP contribution >= 0.6 is 0 Å². The maximum Gasteiger partial charge on any atom is 0.231 e. The fourth-order valence-electron chi connectivity index (χ4n) is 5.43. The van der Waals surface area contributed by atoms with E-state index in [0.29, 0.717) is 5.92 Å². The van der Waals surface area contributed by atoms with E-state index in [1.807, 2.05) is 18.2 Å². The Morgan fingerprint density at radius 3 is 2.35 bits per heavy atom. The first kappa shape index (κ1) is 19.5. The summed E-state index contributed by atoms with van der Waals surface area (Å²) in [5.74, 6) is 3.53. The second kappa shape index (κ2) is 7.83. The number of nitrogens with zero attached hydrogens (tertiary/aromatic N) is 2. The number of hydrogen-bond acceptors (Lipinski definition) is 6. The Morgan fingerprint density at radius 2 is 1.53 bits per heavy atom. The van der Waals surface area contributed by atoms with Gasteiger partial charge in [-0.3, -0.25) is 5.01 Å². The lowest BCUT2D eigenvalue weighted by molar-refractivity contribution is 0.173. The maximum absolute atomic E-state index is 5.70. The monoisotopic (exact) mass is 452 g/mol. The van der Waals surface area contributed by atoms with Gasteiger partial charge in [0.15, 0.2) is 23.0 Å². The minimum absolute atomic E-state index is 0.104. The molecule has 3 aromatic rings. The minimum atomic E-state index is 0.104. The third-order valence-electron chi connectivity index (χ3n) is 7.00. The van der Waals surface area contributed by atoms with E-state index in [1.165, 1.54) is 16.8 Å². The normalized spacial score (nSPS) is 23.2. The van der Waals surface area contributed by atoms with Gasteiger partial charge in [0.1, 0.15) is 0 Å². The number of anilines is 1. The molecule has 4 aliphatic rings. The van der Waals surface area contributed by atoms with E-state index in [0.717, 1.165) is 53.5 Å². The zero-order chi connectivity index (χ0) is 22.5. The third kappa shape index (κ3) is 3.21. The van der Waals surface area contributed by atoms with Gasteiger partial charge in [-0.1, -0.05) is 30.3 Å². The van der Waals surface area contributed by atoms with Gasteiger partial charge >= 0.3 is 0 Å². The summed E-state index contributed by atoms with van der Waals surface area (Å²) < 4.78 is 22.3. The molecule has 3 heterocycles. The van der Waals surface area contributed by atoms with Crippen LogP contribution in [0.15, 0.2) is 77.4 Å². The van der Waals surface area contributed by atoms with Crippen LogP contribution in [0.25, 0.3) is 6.08 Å². The van der Waals surface area contributed by atoms with Gasteiger partial charge in [0.2, 0.25) is 13.6 Å². The van der Waals surface area contributed by atoms with Crippen molar-refractivity contribution in [3.63, 3.8) is 0 Å². The standard InChI is InChI=1S/C28H24N2O4/c1-2-6-21(7-3-1)30-28(20-10-12-24-26(15-20)34-17-32-24)22-8-4-5-19(27(22)29-30)13-18-9-11-23-25(14-18)33-16-31-23/h1-3,6-7,9-15,22,28H,4-5,8,16-17H2/b19-13-. The number of para-hydroxylation sites is 1. The summed E-state index contributed by atoms with van der Waals surface area (Å²) in [5, 5.41) is 7.43. The summed E-state index contributed by atoms with van der Waals surface area (Å²) >= 11 is 0. The highest BCUT2D eigenvalue weighted by atomic mass is 16.7. The zero-order valence-corrected chi connectivity index (χ0v) is 18.6. The smallest absolute Gasteiger partial charge is 0.231 e. The number of benzene rings is 3. The molecule has 3 aromatic carbocycles. The fraction of sp³-hybridized carbons (Fsp3) is 0.250. The summed E-state index contributed by atoms with van der Waals surface area (Å²) in [7, 11) is 0. The number of rotatable bonds is 3. The lowest BCUT2D eigenvalue weighted by Crippen LogP contribution is -2.28. The van der Waals surface area contributed by atoms with Crippen LogP contribution in [0.5, 0.6) is 23.0 Å². The highest BCUT2D eigenvalue weighted by Gasteiger charge is 2.42. The molecule has 2 atom stereocenters. The fourth-order valence-corrected chi connectivity index (χ4v) is 5.43.